The van der Waals surface area contributed by atoms with Crippen LogP contribution in [0.15, 0.2) is 133 Å². The third kappa shape index (κ3) is 4.99. The predicted molar refractivity (Wildman–Crippen MR) is 178 cm³/mol. The van der Waals surface area contributed by atoms with E-state index < -0.39 is 48.6 Å². The first kappa shape index (κ1) is 30.9. The fraction of sp³-hybridized carbons (Fsp3) is 0.222. The van der Waals surface area contributed by atoms with Gasteiger partial charge in [-0.15, -0.1) is 0 Å². The average molecular weight is 593 g/mol. The highest BCUT2D eigenvalue weighted by atomic mass is 28.3. The van der Waals surface area contributed by atoms with Crippen LogP contribution >= 0.6 is 0 Å². The van der Waals surface area contributed by atoms with Crippen molar-refractivity contribution in [1.82, 2.24) is 0 Å². The van der Waals surface area contributed by atoms with E-state index in [9.17, 15) is 19.8 Å². The summed E-state index contributed by atoms with van der Waals surface area (Å²) in [4.78, 5) is 29.7. The van der Waals surface area contributed by atoms with Crippen molar-refractivity contribution in [2.24, 2.45) is 0 Å². The van der Waals surface area contributed by atoms with Crippen LogP contribution in [0.4, 0.5) is 0 Å². The maximum Gasteiger partial charge on any atom is 0.209 e. The van der Waals surface area contributed by atoms with Crippen molar-refractivity contribution in [3.63, 3.8) is 0 Å². The van der Waals surface area contributed by atoms with Crippen molar-refractivity contribution >= 4 is 47.7 Å². The van der Waals surface area contributed by atoms with Crippen molar-refractivity contribution in [3.8, 4) is 0 Å². The summed E-state index contributed by atoms with van der Waals surface area (Å²) in [6.07, 6.45) is 0. The van der Waals surface area contributed by atoms with Gasteiger partial charge in [-0.05, 0) is 30.8 Å². The highest BCUT2D eigenvalue weighted by Crippen LogP contribution is 2.40. The molecule has 0 aromatic heterocycles. The monoisotopic (exact) mass is 592 g/mol. The van der Waals surface area contributed by atoms with Crippen LogP contribution in [0.5, 0.6) is 0 Å². The number of aliphatic hydroxyl groups excluding tert-OH is 2. The van der Waals surface area contributed by atoms with Gasteiger partial charge in [-0.3, -0.25) is 9.59 Å². The lowest BCUT2D eigenvalue weighted by molar-refractivity contribution is -0.115. The largest absolute Gasteiger partial charge is 0.502 e. The van der Waals surface area contributed by atoms with Crippen molar-refractivity contribution in [1.29, 1.82) is 0 Å². The molecule has 0 saturated carbocycles. The quantitative estimate of drug-likeness (QED) is 0.157. The van der Waals surface area contributed by atoms with Gasteiger partial charge in [0.15, 0.2) is 22.3 Å². The maximum atomic E-state index is 14.9. The molecular weight excluding hydrogens is 553 g/mol. The summed E-state index contributed by atoms with van der Waals surface area (Å²) in [5.74, 6) is -1.72. The Kier molecular flexibility index (Phi) is 8.62. The number of rotatable bonds is 8. The van der Waals surface area contributed by atoms with Gasteiger partial charge in [0.1, 0.15) is 0 Å². The Labute approximate surface area is 251 Å². The maximum absolute atomic E-state index is 14.9. The van der Waals surface area contributed by atoms with Gasteiger partial charge in [-0.1, -0.05) is 163 Å². The number of hydrogen-bond donors (Lipinski definition) is 2. The van der Waals surface area contributed by atoms with Gasteiger partial charge in [0, 0.05) is 0 Å². The summed E-state index contributed by atoms with van der Waals surface area (Å²) in [5, 5.41) is 24.4. The number of carbonyl (C=O) groups is 2. The van der Waals surface area contributed by atoms with Crippen LogP contribution in [0.2, 0.25) is 10.1 Å². The standard InChI is InChI=1S/C36H40O4Si2/c1-35(2,3)41(27-19-11-7-12-20-27,28-21-13-8-14-22-28)33(39)31(37)32(38)34(40)42(36(4,5)6,29-23-15-9-16-24-29)30-25-17-10-18-26-30/h7-26,37-38H,1-6H3/b32-31+. The zero-order chi connectivity index (χ0) is 30.8. The molecule has 0 radical (unpaired) electrons. The minimum absolute atomic E-state index is 0.587. The number of benzene rings is 4. The molecule has 0 unspecified atom stereocenters. The van der Waals surface area contributed by atoms with Crippen LogP contribution in [-0.4, -0.2) is 37.2 Å². The molecule has 0 heterocycles. The summed E-state index contributed by atoms with van der Waals surface area (Å²) in [6, 6.07) is 37.9. The molecule has 0 aliphatic rings. The van der Waals surface area contributed by atoms with E-state index in [0.717, 1.165) is 20.7 Å². The average Bonchev–Trinajstić information content (AvgIpc) is 2.98. The SMILES string of the molecule is CC(C)(C)[Si](C(=O)/C(O)=C(\O)C(=O)[Si](c1ccccc1)(c1ccccc1)C(C)(C)C)(c1ccccc1)c1ccccc1. The first-order valence-corrected chi connectivity index (χ1v) is 18.2. The van der Waals surface area contributed by atoms with Gasteiger partial charge in [0.25, 0.3) is 0 Å². The first-order valence-electron chi connectivity index (χ1n) is 14.2. The van der Waals surface area contributed by atoms with Crippen LogP contribution in [0.25, 0.3) is 0 Å². The van der Waals surface area contributed by atoms with Crippen molar-refractivity contribution in [3.05, 3.63) is 133 Å². The molecule has 0 aliphatic carbocycles. The second-order valence-electron chi connectivity index (χ2n) is 12.8. The second kappa shape index (κ2) is 11.7. The Hall–Kier alpha value is -4.01. The molecule has 6 heteroatoms. The minimum Gasteiger partial charge on any atom is -0.502 e. The number of carbonyl (C=O) groups excluding carboxylic acids is 2. The molecule has 0 aliphatic heterocycles. The molecule has 0 fully saturated rings. The van der Waals surface area contributed by atoms with Crippen LogP contribution in [-0.2, 0) is 9.59 Å². The Morgan fingerprint density at radius 1 is 0.429 bits per heavy atom. The fourth-order valence-corrected chi connectivity index (χ4v) is 16.9. The fourth-order valence-electron chi connectivity index (χ4n) is 6.59. The van der Waals surface area contributed by atoms with Gasteiger partial charge < -0.3 is 10.2 Å². The van der Waals surface area contributed by atoms with E-state index in [0.29, 0.717) is 0 Å². The second-order valence-corrected chi connectivity index (χ2v) is 22.0. The smallest absolute Gasteiger partial charge is 0.209 e. The molecule has 42 heavy (non-hydrogen) atoms. The molecule has 0 bridgehead atoms. The minimum atomic E-state index is -3.53. The Balaban J connectivity index is 2.05. The van der Waals surface area contributed by atoms with Crippen LogP contribution < -0.4 is 20.7 Å². The highest BCUT2D eigenvalue weighted by Gasteiger charge is 2.59. The summed E-state index contributed by atoms with van der Waals surface area (Å²) in [6.45, 7) is 11.9. The zero-order valence-corrected chi connectivity index (χ0v) is 27.3. The van der Waals surface area contributed by atoms with Gasteiger partial charge in [-0.25, -0.2) is 0 Å². The number of aliphatic hydroxyl groups is 2. The summed E-state index contributed by atoms with van der Waals surface area (Å²) in [7, 11) is -7.06. The Morgan fingerprint density at radius 2 is 0.619 bits per heavy atom. The summed E-state index contributed by atoms with van der Waals surface area (Å²) < 4.78 is 0. The van der Waals surface area contributed by atoms with E-state index in [2.05, 4.69) is 0 Å². The lowest BCUT2D eigenvalue weighted by Gasteiger charge is -2.43. The van der Waals surface area contributed by atoms with E-state index in [4.69, 9.17) is 0 Å². The third-order valence-corrected chi connectivity index (χ3v) is 19.5. The zero-order valence-electron chi connectivity index (χ0n) is 25.3. The lowest BCUT2D eigenvalue weighted by Crippen LogP contribution is -2.71. The van der Waals surface area contributed by atoms with Gasteiger partial charge in [0.05, 0.1) is 0 Å². The molecule has 0 amide bonds. The number of hydrogen-bond acceptors (Lipinski definition) is 4. The van der Waals surface area contributed by atoms with Crippen molar-refractivity contribution in [2.75, 3.05) is 0 Å². The Bertz CT molecular complexity index is 1370. The van der Waals surface area contributed by atoms with Gasteiger partial charge in [-0.2, -0.15) is 0 Å². The first-order chi connectivity index (χ1) is 19.8. The molecule has 4 aromatic rings. The molecule has 216 valence electrons. The lowest BCUT2D eigenvalue weighted by atomic mass is 10.2. The molecule has 0 saturated heterocycles. The van der Waals surface area contributed by atoms with Crippen molar-refractivity contribution < 1.29 is 19.8 Å². The molecular formula is C36H40O4Si2. The predicted octanol–water partition coefficient (Wildman–Crippen LogP) is 5.66. The molecule has 4 rings (SSSR count). The molecule has 0 spiro atoms. The summed E-state index contributed by atoms with van der Waals surface area (Å²) >= 11 is 0. The van der Waals surface area contributed by atoms with Crippen molar-refractivity contribution in [2.45, 2.75) is 51.6 Å². The highest BCUT2D eigenvalue weighted by molar-refractivity contribution is 7.26. The number of allylic oxidation sites excluding steroid dienone is 2. The normalized spacial score (nSPS) is 13.3. The molecule has 0 atom stereocenters. The topological polar surface area (TPSA) is 74.6 Å². The van der Waals surface area contributed by atoms with E-state index in [1.807, 2.05) is 163 Å². The third-order valence-electron chi connectivity index (χ3n) is 8.41. The molecule has 2 N–H and O–H groups in total. The van der Waals surface area contributed by atoms with E-state index >= 15 is 0 Å². The van der Waals surface area contributed by atoms with Gasteiger partial charge in [0.2, 0.25) is 16.1 Å². The van der Waals surface area contributed by atoms with Crippen LogP contribution in [0.3, 0.4) is 0 Å². The molecule has 4 nitrogen and oxygen atoms in total. The van der Waals surface area contributed by atoms with E-state index in [1.165, 1.54) is 0 Å². The van der Waals surface area contributed by atoms with E-state index in [-0.39, 0.29) is 0 Å². The van der Waals surface area contributed by atoms with Crippen LogP contribution in [0.1, 0.15) is 41.5 Å². The molecule has 4 aromatic carbocycles. The van der Waals surface area contributed by atoms with Crippen LogP contribution in [0, 0.1) is 0 Å². The van der Waals surface area contributed by atoms with Gasteiger partial charge >= 0.3 is 0 Å². The van der Waals surface area contributed by atoms with E-state index in [1.54, 1.807) is 0 Å². The Morgan fingerprint density at radius 3 is 0.786 bits per heavy atom. The summed E-state index contributed by atoms with van der Waals surface area (Å²) in [5.41, 5.74) is 0.